The molecule has 0 aliphatic carbocycles. The van der Waals surface area contributed by atoms with Crippen molar-refractivity contribution in [1.82, 2.24) is 9.97 Å². The highest BCUT2D eigenvalue weighted by Crippen LogP contribution is 2.40. The molecule has 0 bridgehead atoms. The van der Waals surface area contributed by atoms with Crippen LogP contribution in [0.25, 0.3) is 44.4 Å². The minimum atomic E-state index is -0.166. The van der Waals surface area contributed by atoms with E-state index in [0.717, 1.165) is 33.2 Å². The quantitative estimate of drug-likeness (QED) is 0.258. The predicted octanol–water partition coefficient (Wildman–Crippen LogP) is 8.08. The van der Waals surface area contributed by atoms with Gasteiger partial charge in [-0.3, -0.25) is 4.98 Å². The van der Waals surface area contributed by atoms with Crippen LogP contribution in [0.5, 0.6) is 0 Å². The molecule has 0 saturated heterocycles. The molecule has 5 rings (SSSR count). The molecule has 162 valence electrons. The lowest BCUT2D eigenvalue weighted by atomic mass is 9.95. The normalized spacial score (nSPS) is 11.2. The maximum Gasteiger partial charge on any atom is 0.139 e. The van der Waals surface area contributed by atoms with Crippen molar-refractivity contribution < 1.29 is 5.11 Å². The Kier molecular flexibility index (Phi) is 6.05. The van der Waals surface area contributed by atoms with Gasteiger partial charge in [-0.2, -0.15) is 0 Å². The molecule has 0 aliphatic heterocycles. The van der Waals surface area contributed by atoms with E-state index in [1.165, 1.54) is 0 Å². The fourth-order valence-corrected chi connectivity index (χ4v) is 4.81. The van der Waals surface area contributed by atoms with Crippen LogP contribution in [-0.4, -0.2) is 15.1 Å². The summed E-state index contributed by atoms with van der Waals surface area (Å²) in [7, 11) is 0. The number of rotatable bonds is 4. The van der Waals surface area contributed by atoms with Gasteiger partial charge in [0.25, 0.3) is 0 Å². The fourth-order valence-electron chi connectivity index (χ4n) is 4.00. The number of fused-ring (bicyclic) bond motifs is 1. The van der Waals surface area contributed by atoms with Crippen LogP contribution in [0.15, 0.2) is 85.1 Å². The van der Waals surface area contributed by atoms with Crippen molar-refractivity contribution >= 4 is 45.7 Å². The zero-order valence-electron chi connectivity index (χ0n) is 17.3. The minimum absolute atomic E-state index is 0.166. The van der Waals surface area contributed by atoms with Crippen molar-refractivity contribution in [3.05, 3.63) is 106 Å². The second-order valence-corrected chi connectivity index (χ2v) is 8.71. The molecule has 3 aromatic carbocycles. The summed E-state index contributed by atoms with van der Waals surface area (Å²) in [5, 5.41) is 12.5. The van der Waals surface area contributed by atoms with Crippen molar-refractivity contribution in [1.29, 1.82) is 0 Å². The van der Waals surface area contributed by atoms with Gasteiger partial charge in [-0.25, -0.2) is 4.98 Å². The molecule has 0 saturated carbocycles. The van der Waals surface area contributed by atoms with Crippen LogP contribution in [-0.2, 0) is 6.61 Å². The molecule has 0 atom stereocenters. The average molecular weight is 492 g/mol. The Morgan fingerprint density at radius 3 is 2.21 bits per heavy atom. The molecule has 6 heteroatoms. The van der Waals surface area contributed by atoms with Gasteiger partial charge in [0.1, 0.15) is 5.15 Å². The molecule has 33 heavy (non-hydrogen) atoms. The Hall–Kier alpha value is -2.95. The molecule has 5 aromatic rings. The van der Waals surface area contributed by atoms with Gasteiger partial charge < -0.3 is 5.11 Å². The molecule has 1 N–H and O–H groups in total. The van der Waals surface area contributed by atoms with Crippen LogP contribution in [0.4, 0.5) is 0 Å². The summed E-state index contributed by atoms with van der Waals surface area (Å²) in [6, 6.07) is 24.8. The van der Waals surface area contributed by atoms with Crippen LogP contribution < -0.4 is 0 Å². The molecular weight excluding hydrogens is 475 g/mol. The summed E-state index contributed by atoms with van der Waals surface area (Å²) in [4.78, 5) is 9.14. The summed E-state index contributed by atoms with van der Waals surface area (Å²) in [5.74, 6) is 0. The van der Waals surface area contributed by atoms with Gasteiger partial charge in [-0.1, -0.05) is 83.3 Å². The number of aliphatic hydroxyl groups excluding tert-OH is 1. The highest BCUT2D eigenvalue weighted by Gasteiger charge is 2.17. The maximum atomic E-state index is 10.3. The number of halogens is 3. The Morgan fingerprint density at radius 2 is 1.48 bits per heavy atom. The fraction of sp³-hybridized carbons (Fsp3) is 0.0370. The van der Waals surface area contributed by atoms with E-state index in [-0.39, 0.29) is 6.61 Å². The first-order valence-electron chi connectivity index (χ1n) is 10.3. The Labute approximate surface area is 206 Å². The number of hydrogen-bond acceptors (Lipinski definition) is 3. The molecule has 0 amide bonds. The van der Waals surface area contributed by atoms with Gasteiger partial charge in [0.15, 0.2) is 0 Å². The average Bonchev–Trinajstić information content (AvgIpc) is 2.84. The summed E-state index contributed by atoms with van der Waals surface area (Å²) in [6.45, 7) is -0.166. The summed E-state index contributed by atoms with van der Waals surface area (Å²) in [5.41, 5.74) is 6.34. The van der Waals surface area contributed by atoms with Crippen LogP contribution >= 0.6 is 34.8 Å². The molecule has 3 nitrogen and oxygen atoms in total. The van der Waals surface area contributed by atoms with Crippen molar-refractivity contribution in [3.63, 3.8) is 0 Å². The molecule has 0 fully saturated rings. The minimum Gasteiger partial charge on any atom is -0.392 e. The molecule has 0 unspecified atom stereocenters. The van der Waals surface area contributed by atoms with Gasteiger partial charge >= 0.3 is 0 Å². The third-order valence-electron chi connectivity index (χ3n) is 5.58. The highest BCUT2D eigenvalue weighted by molar-refractivity contribution is 6.42. The third kappa shape index (κ3) is 4.09. The van der Waals surface area contributed by atoms with Gasteiger partial charge in [-0.15, -0.1) is 0 Å². The van der Waals surface area contributed by atoms with Crippen molar-refractivity contribution in [2.75, 3.05) is 0 Å². The topological polar surface area (TPSA) is 46.0 Å². The first kappa shape index (κ1) is 21.9. The molecule has 0 radical (unpaired) electrons. The number of benzene rings is 3. The monoisotopic (exact) mass is 490 g/mol. The van der Waals surface area contributed by atoms with E-state index in [4.69, 9.17) is 34.8 Å². The van der Waals surface area contributed by atoms with Gasteiger partial charge in [0, 0.05) is 33.3 Å². The van der Waals surface area contributed by atoms with E-state index >= 15 is 0 Å². The molecule has 2 aromatic heterocycles. The lowest BCUT2D eigenvalue weighted by molar-refractivity contribution is 0.282. The van der Waals surface area contributed by atoms with E-state index < -0.39 is 0 Å². The van der Waals surface area contributed by atoms with Crippen LogP contribution in [0.2, 0.25) is 15.2 Å². The molecule has 2 heterocycles. The molecular formula is C27H17Cl3N2O. The lowest BCUT2D eigenvalue weighted by Gasteiger charge is -2.14. The van der Waals surface area contributed by atoms with Crippen LogP contribution in [0, 0.1) is 0 Å². The number of pyridine rings is 2. The SMILES string of the molecule is OCc1c(-c2ccc(Cl)cc2)ccnc1-c1ccc2nc(Cl)c(-c3ccccc3)c(Cl)c2c1. The van der Waals surface area contributed by atoms with Gasteiger partial charge in [0.2, 0.25) is 0 Å². The van der Waals surface area contributed by atoms with Crippen LogP contribution in [0.3, 0.4) is 0 Å². The molecule has 0 spiro atoms. The molecule has 0 aliphatic rings. The highest BCUT2D eigenvalue weighted by atomic mass is 35.5. The largest absolute Gasteiger partial charge is 0.392 e. The van der Waals surface area contributed by atoms with Crippen molar-refractivity contribution in [2.45, 2.75) is 6.61 Å². The van der Waals surface area contributed by atoms with Gasteiger partial charge in [0.05, 0.1) is 22.8 Å². The predicted molar refractivity (Wildman–Crippen MR) is 137 cm³/mol. The summed E-state index contributed by atoms with van der Waals surface area (Å²) in [6.07, 6.45) is 1.74. The second kappa shape index (κ2) is 9.12. The van der Waals surface area contributed by atoms with E-state index in [1.807, 2.05) is 78.9 Å². The summed E-state index contributed by atoms with van der Waals surface area (Å²) >= 11 is 19.4. The Balaban J connectivity index is 1.70. The zero-order valence-corrected chi connectivity index (χ0v) is 19.5. The Morgan fingerprint density at radius 1 is 0.758 bits per heavy atom. The maximum absolute atomic E-state index is 10.3. The first-order chi connectivity index (χ1) is 16.1. The zero-order chi connectivity index (χ0) is 22.9. The van der Waals surface area contributed by atoms with E-state index in [9.17, 15) is 5.11 Å². The number of nitrogens with zero attached hydrogens (tertiary/aromatic N) is 2. The summed E-state index contributed by atoms with van der Waals surface area (Å²) < 4.78 is 0. The lowest BCUT2D eigenvalue weighted by Crippen LogP contribution is -1.97. The van der Waals surface area contributed by atoms with E-state index in [1.54, 1.807) is 6.20 Å². The first-order valence-corrected chi connectivity index (χ1v) is 11.4. The number of aromatic nitrogens is 2. The standard InChI is InChI=1S/C27H17Cl3N2O/c28-19-9-6-16(7-10-19)20-12-13-31-26(22(20)15-33)18-8-11-23-21(14-18)25(29)24(27(30)32-23)17-4-2-1-3-5-17/h1-14,33H,15H2. The Bertz CT molecular complexity index is 1470. The van der Waals surface area contributed by atoms with E-state index in [2.05, 4.69) is 9.97 Å². The second-order valence-electron chi connectivity index (χ2n) is 7.54. The number of aliphatic hydroxyl groups is 1. The van der Waals surface area contributed by atoms with Gasteiger partial charge in [-0.05, 0) is 47.0 Å². The number of hydrogen-bond donors (Lipinski definition) is 1. The van der Waals surface area contributed by atoms with Crippen LogP contribution in [0.1, 0.15) is 5.56 Å². The smallest absolute Gasteiger partial charge is 0.139 e. The van der Waals surface area contributed by atoms with E-state index in [0.29, 0.717) is 32.0 Å². The van der Waals surface area contributed by atoms with Crippen molar-refractivity contribution in [2.24, 2.45) is 0 Å². The third-order valence-corrected chi connectivity index (χ3v) is 6.50. The van der Waals surface area contributed by atoms with Crippen molar-refractivity contribution in [3.8, 4) is 33.5 Å².